The highest BCUT2D eigenvalue weighted by atomic mass is 16.6. The molecule has 0 aliphatic rings. The SMILES string of the molecule is Cc1c(NCC(O)C(C)C)cccc1[N+](=O)[O-]. The highest BCUT2D eigenvalue weighted by molar-refractivity contribution is 5.59. The van der Waals surface area contributed by atoms with E-state index in [9.17, 15) is 15.2 Å². The fourth-order valence-corrected chi connectivity index (χ4v) is 1.46. The Balaban J connectivity index is 2.79. The first-order valence-electron chi connectivity index (χ1n) is 5.59. The average Bonchev–Trinajstić information content (AvgIpc) is 2.26. The average molecular weight is 238 g/mol. The first-order chi connectivity index (χ1) is 7.93. The lowest BCUT2D eigenvalue weighted by Gasteiger charge is -2.16. The maximum absolute atomic E-state index is 10.7. The highest BCUT2D eigenvalue weighted by Gasteiger charge is 2.14. The second-order valence-corrected chi connectivity index (χ2v) is 4.40. The molecule has 0 amide bonds. The summed E-state index contributed by atoms with van der Waals surface area (Å²) in [7, 11) is 0. The summed E-state index contributed by atoms with van der Waals surface area (Å²) in [6, 6.07) is 4.88. The topological polar surface area (TPSA) is 75.4 Å². The number of nitrogens with zero attached hydrogens (tertiary/aromatic N) is 1. The molecule has 0 heterocycles. The van der Waals surface area contributed by atoms with Gasteiger partial charge in [-0.05, 0) is 18.9 Å². The number of hydrogen-bond donors (Lipinski definition) is 2. The van der Waals surface area contributed by atoms with E-state index in [1.165, 1.54) is 6.07 Å². The summed E-state index contributed by atoms with van der Waals surface area (Å²) >= 11 is 0. The van der Waals surface area contributed by atoms with E-state index in [2.05, 4.69) is 5.32 Å². The molecule has 0 saturated carbocycles. The molecule has 17 heavy (non-hydrogen) atoms. The molecule has 1 rings (SSSR count). The molecule has 0 bridgehead atoms. The fraction of sp³-hybridized carbons (Fsp3) is 0.500. The van der Waals surface area contributed by atoms with Crippen LogP contribution in [0.25, 0.3) is 0 Å². The molecule has 1 atom stereocenters. The molecule has 2 N–H and O–H groups in total. The van der Waals surface area contributed by atoms with E-state index in [0.717, 1.165) is 0 Å². The second kappa shape index (κ2) is 5.63. The lowest BCUT2D eigenvalue weighted by molar-refractivity contribution is -0.385. The largest absolute Gasteiger partial charge is 0.391 e. The normalized spacial score (nSPS) is 12.5. The standard InChI is InChI=1S/C12H18N2O3/c1-8(2)12(15)7-13-10-5-4-6-11(9(10)3)14(16)17/h4-6,8,12-13,15H,7H2,1-3H3. The molecule has 0 aliphatic carbocycles. The minimum atomic E-state index is -0.464. The van der Waals surface area contributed by atoms with Crippen molar-refractivity contribution in [2.45, 2.75) is 26.9 Å². The van der Waals surface area contributed by atoms with Crippen molar-refractivity contribution >= 4 is 11.4 Å². The molecule has 1 aromatic rings. The zero-order chi connectivity index (χ0) is 13.0. The number of nitro groups is 1. The third-order valence-electron chi connectivity index (χ3n) is 2.77. The smallest absolute Gasteiger partial charge is 0.274 e. The van der Waals surface area contributed by atoms with E-state index >= 15 is 0 Å². The molecule has 0 saturated heterocycles. The van der Waals surface area contributed by atoms with Gasteiger partial charge >= 0.3 is 0 Å². The summed E-state index contributed by atoms with van der Waals surface area (Å²) in [6.45, 7) is 5.93. The van der Waals surface area contributed by atoms with Gasteiger partial charge in [0.25, 0.3) is 5.69 Å². The van der Waals surface area contributed by atoms with Crippen LogP contribution >= 0.6 is 0 Å². The molecule has 0 spiro atoms. The molecule has 0 aromatic heterocycles. The Morgan fingerprint density at radius 2 is 2.12 bits per heavy atom. The molecule has 5 nitrogen and oxygen atoms in total. The van der Waals surface area contributed by atoms with E-state index in [1.54, 1.807) is 19.1 Å². The first kappa shape index (κ1) is 13.4. The molecule has 0 aliphatic heterocycles. The Bertz CT molecular complexity index is 405. The van der Waals surface area contributed by atoms with Gasteiger partial charge in [0.05, 0.1) is 11.0 Å². The van der Waals surface area contributed by atoms with Crippen LogP contribution in [-0.2, 0) is 0 Å². The van der Waals surface area contributed by atoms with Crippen LogP contribution < -0.4 is 5.32 Å². The number of rotatable bonds is 5. The summed E-state index contributed by atoms with van der Waals surface area (Å²) in [5, 5.41) is 23.4. The summed E-state index contributed by atoms with van der Waals surface area (Å²) in [5.74, 6) is 0.154. The van der Waals surface area contributed by atoms with E-state index in [-0.39, 0.29) is 11.6 Å². The maximum atomic E-state index is 10.7. The minimum absolute atomic E-state index is 0.0917. The zero-order valence-electron chi connectivity index (χ0n) is 10.3. The molecule has 1 aromatic carbocycles. The fourth-order valence-electron chi connectivity index (χ4n) is 1.46. The number of benzene rings is 1. The number of hydrogen-bond acceptors (Lipinski definition) is 4. The lowest BCUT2D eigenvalue weighted by Crippen LogP contribution is -2.25. The number of anilines is 1. The molecule has 0 radical (unpaired) electrons. The van der Waals surface area contributed by atoms with Gasteiger partial charge in [0, 0.05) is 23.9 Å². The Kier molecular flexibility index (Phi) is 4.45. The van der Waals surface area contributed by atoms with Gasteiger partial charge in [0.15, 0.2) is 0 Å². The number of aliphatic hydroxyl groups is 1. The van der Waals surface area contributed by atoms with Crippen molar-refractivity contribution in [1.29, 1.82) is 0 Å². The van der Waals surface area contributed by atoms with Gasteiger partial charge in [0.1, 0.15) is 0 Å². The highest BCUT2D eigenvalue weighted by Crippen LogP contribution is 2.25. The number of nitrogens with one attached hydrogen (secondary N) is 1. The molecular weight excluding hydrogens is 220 g/mol. The predicted octanol–water partition coefficient (Wildman–Crippen LogP) is 2.33. The van der Waals surface area contributed by atoms with Gasteiger partial charge in [-0.1, -0.05) is 19.9 Å². The summed E-state index contributed by atoms with van der Waals surface area (Å²) < 4.78 is 0. The van der Waals surface area contributed by atoms with Crippen LogP contribution in [0, 0.1) is 23.0 Å². The molecule has 5 heteroatoms. The van der Waals surface area contributed by atoms with Crippen molar-refractivity contribution in [3.63, 3.8) is 0 Å². The van der Waals surface area contributed by atoms with E-state index in [0.29, 0.717) is 17.8 Å². The summed E-state index contributed by atoms with van der Waals surface area (Å²) in [6.07, 6.45) is -0.464. The van der Waals surface area contributed by atoms with E-state index < -0.39 is 11.0 Å². The van der Waals surface area contributed by atoms with Crippen molar-refractivity contribution in [3.8, 4) is 0 Å². The van der Waals surface area contributed by atoms with Gasteiger partial charge < -0.3 is 10.4 Å². The number of nitro benzene ring substituents is 1. The Labute approximate surface area is 101 Å². The quantitative estimate of drug-likeness (QED) is 0.609. The third-order valence-corrected chi connectivity index (χ3v) is 2.77. The zero-order valence-corrected chi connectivity index (χ0v) is 10.3. The van der Waals surface area contributed by atoms with Crippen molar-refractivity contribution < 1.29 is 10.0 Å². The molecule has 1 unspecified atom stereocenters. The van der Waals surface area contributed by atoms with Crippen LogP contribution in [-0.4, -0.2) is 22.7 Å². The monoisotopic (exact) mass is 238 g/mol. The van der Waals surface area contributed by atoms with Crippen molar-refractivity contribution in [2.75, 3.05) is 11.9 Å². The van der Waals surface area contributed by atoms with Crippen LogP contribution in [0.1, 0.15) is 19.4 Å². The summed E-state index contributed by atoms with van der Waals surface area (Å²) in [5.41, 5.74) is 1.38. The van der Waals surface area contributed by atoms with Crippen molar-refractivity contribution in [2.24, 2.45) is 5.92 Å². The van der Waals surface area contributed by atoms with Gasteiger partial charge in [-0.25, -0.2) is 0 Å². The van der Waals surface area contributed by atoms with E-state index in [4.69, 9.17) is 0 Å². The minimum Gasteiger partial charge on any atom is -0.391 e. The van der Waals surface area contributed by atoms with Gasteiger partial charge in [-0.2, -0.15) is 0 Å². The number of aliphatic hydroxyl groups excluding tert-OH is 1. The van der Waals surface area contributed by atoms with Gasteiger partial charge in [-0.3, -0.25) is 10.1 Å². The van der Waals surface area contributed by atoms with Crippen molar-refractivity contribution in [1.82, 2.24) is 0 Å². The predicted molar refractivity (Wildman–Crippen MR) is 67.2 cm³/mol. The molecule has 94 valence electrons. The third kappa shape index (κ3) is 3.42. The Morgan fingerprint density at radius 3 is 2.65 bits per heavy atom. The van der Waals surface area contributed by atoms with Gasteiger partial charge in [-0.15, -0.1) is 0 Å². The molecular formula is C12H18N2O3. The maximum Gasteiger partial charge on any atom is 0.274 e. The van der Waals surface area contributed by atoms with E-state index in [1.807, 2.05) is 13.8 Å². The van der Waals surface area contributed by atoms with Crippen molar-refractivity contribution in [3.05, 3.63) is 33.9 Å². The first-order valence-corrected chi connectivity index (χ1v) is 5.59. The van der Waals surface area contributed by atoms with Crippen LogP contribution in [0.3, 0.4) is 0 Å². The Hall–Kier alpha value is -1.62. The Morgan fingerprint density at radius 1 is 1.47 bits per heavy atom. The summed E-state index contributed by atoms with van der Waals surface area (Å²) in [4.78, 5) is 10.3. The van der Waals surface area contributed by atoms with Crippen LogP contribution in [0.4, 0.5) is 11.4 Å². The van der Waals surface area contributed by atoms with Crippen LogP contribution in [0.2, 0.25) is 0 Å². The molecule has 0 fully saturated rings. The van der Waals surface area contributed by atoms with Crippen LogP contribution in [0.5, 0.6) is 0 Å². The lowest BCUT2D eigenvalue weighted by atomic mass is 10.1. The van der Waals surface area contributed by atoms with Gasteiger partial charge in [0.2, 0.25) is 0 Å². The van der Waals surface area contributed by atoms with Crippen LogP contribution in [0.15, 0.2) is 18.2 Å². The second-order valence-electron chi connectivity index (χ2n) is 4.40.